The van der Waals surface area contributed by atoms with E-state index in [1.807, 2.05) is 6.92 Å². The second kappa shape index (κ2) is 6.08. The summed E-state index contributed by atoms with van der Waals surface area (Å²) >= 11 is 0.252. The average Bonchev–Trinajstić information content (AvgIpc) is 2.98. The fourth-order valence-corrected chi connectivity index (χ4v) is 2.03. The van der Waals surface area contributed by atoms with Crippen LogP contribution in [0.15, 0.2) is 12.4 Å². The highest BCUT2D eigenvalue weighted by molar-refractivity contribution is 7.15. The van der Waals surface area contributed by atoms with Crippen LogP contribution in [0, 0.1) is 0 Å². The average molecular weight is 320 g/mol. The third kappa shape index (κ3) is 4.15. The zero-order chi connectivity index (χ0) is 15.5. The summed E-state index contributed by atoms with van der Waals surface area (Å²) in [6.07, 6.45) is -0.630. The van der Waals surface area contributed by atoms with E-state index in [0.29, 0.717) is 12.2 Å². The van der Waals surface area contributed by atoms with Crippen LogP contribution in [-0.2, 0) is 12.7 Å². The quantitative estimate of drug-likeness (QED) is 0.907. The highest BCUT2D eigenvalue weighted by Crippen LogP contribution is 2.32. The van der Waals surface area contributed by atoms with Crippen molar-refractivity contribution in [1.82, 2.24) is 20.0 Å². The molecule has 114 valence electrons. The maximum absolute atomic E-state index is 12.3. The van der Waals surface area contributed by atoms with Gasteiger partial charge in [-0.05, 0) is 6.42 Å². The first-order valence-electron chi connectivity index (χ1n) is 5.89. The second-order valence-electron chi connectivity index (χ2n) is 3.98. The van der Waals surface area contributed by atoms with Crippen molar-refractivity contribution in [3.05, 3.63) is 17.4 Å². The summed E-state index contributed by atoms with van der Waals surface area (Å²) in [5, 5.41) is 13.5. The van der Waals surface area contributed by atoms with Gasteiger partial charge < -0.3 is 5.32 Å². The number of rotatable bonds is 4. The summed E-state index contributed by atoms with van der Waals surface area (Å²) in [5.41, 5.74) is 0.432. The largest absolute Gasteiger partial charge is 0.445 e. The Morgan fingerprint density at radius 3 is 2.76 bits per heavy atom. The smallest absolute Gasteiger partial charge is 0.305 e. The first kappa shape index (κ1) is 15.2. The lowest BCUT2D eigenvalue weighted by Crippen LogP contribution is -2.19. The van der Waals surface area contributed by atoms with Gasteiger partial charge in [0, 0.05) is 12.7 Å². The monoisotopic (exact) mass is 320 g/mol. The maximum Gasteiger partial charge on any atom is 0.445 e. The Morgan fingerprint density at radius 2 is 2.14 bits per heavy atom. The van der Waals surface area contributed by atoms with Gasteiger partial charge in [-0.25, -0.2) is 4.79 Å². The Balaban J connectivity index is 1.93. The number of nitrogens with zero attached hydrogens (tertiary/aromatic N) is 4. The van der Waals surface area contributed by atoms with E-state index in [4.69, 9.17) is 0 Å². The van der Waals surface area contributed by atoms with E-state index in [9.17, 15) is 18.0 Å². The highest BCUT2D eigenvalue weighted by atomic mass is 32.1. The zero-order valence-electron chi connectivity index (χ0n) is 10.8. The first-order chi connectivity index (χ1) is 9.88. The standard InChI is InChI=1S/C10H11F3N6OS/c1-2-3-19-5-6(4-14-19)15-8(20)16-9-18-17-7(21-9)10(11,12)13/h4-5H,2-3H2,1H3,(H2,15,16,18,20). The Bertz CT molecular complexity index is 622. The minimum atomic E-state index is -4.57. The van der Waals surface area contributed by atoms with E-state index in [1.165, 1.54) is 6.20 Å². The van der Waals surface area contributed by atoms with Gasteiger partial charge in [0.15, 0.2) is 0 Å². The molecular formula is C10H11F3N6OS. The van der Waals surface area contributed by atoms with E-state index < -0.39 is 17.2 Å². The van der Waals surface area contributed by atoms with E-state index >= 15 is 0 Å². The lowest BCUT2D eigenvalue weighted by molar-refractivity contribution is -0.138. The Labute approximate surface area is 121 Å². The van der Waals surface area contributed by atoms with Gasteiger partial charge >= 0.3 is 12.2 Å². The molecule has 2 aromatic rings. The SMILES string of the molecule is CCCn1cc(NC(=O)Nc2nnc(C(F)(F)F)s2)cn1. The first-order valence-corrected chi connectivity index (χ1v) is 6.71. The van der Waals surface area contributed by atoms with Gasteiger partial charge in [0.25, 0.3) is 0 Å². The Kier molecular flexibility index (Phi) is 4.40. The molecule has 0 aliphatic carbocycles. The molecule has 0 radical (unpaired) electrons. The zero-order valence-corrected chi connectivity index (χ0v) is 11.6. The lowest BCUT2D eigenvalue weighted by Gasteiger charge is -2.02. The minimum Gasteiger partial charge on any atom is -0.305 e. The summed E-state index contributed by atoms with van der Waals surface area (Å²) in [6, 6.07) is -0.712. The molecule has 7 nitrogen and oxygen atoms in total. The predicted molar refractivity (Wildman–Crippen MR) is 70.1 cm³/mol. The maximum atomic E-state index is 12.3. The van der Waals surface area contributed by atoms with Crippen LogP contribution in [0.4, 0.5) is 28.8 Å². The van der Waals surface area contributed by atoms with Crippen molar-refractivity contribution in [2.24, 2.45) is 0 Å². The molecule has 21 heavy (non-hydrogen) atoms. The molecule has 2 aromatic heterocycles. The molecule has 0 aromatic carbocycles. The van der Waals surface area contributed by atoms with Crippen molar-refractivity contribution >= 4 is 28.2 Å². The van der Waals surface area contributed by atoms with E-state index in [2.05, 4.69) is 25.9 Å². The van der Waals surface area contributed by atoms with E-state index in [0.717, 1.165) is 6.42 Å². The molecule has 2 rings (SSSR count). The van der Waals surface area contributed by atoms with Crippen molar-refractivity contribution < 1.29 is 18.0 Å². The van der Waals surface area contributed by atoms with Crippen molar-refractivity contribution in [3.63, 3.8) is 0 Å². The van der Waals surface area contributed by atoms with Crippen LogP contribution in [0.2, 0.25) is 0 Å². The highest BCUT2D eigenvalue weighted by Gasteiger charge is 2.35. The normalized spacial score (nSPS) is 11.4. The fraction of sp³-hybridized carbons (Fsp3) is 0.400. The lowest BCUT2D eigenvalue weighted by atomic mass is 10.5. The molecule has 2 amide bonds. The third-order valence-electron chi connectivity index (χ3n) is 2.23. The number of amides is 2. The van der Waals surface area contributed by atoms with Crippen molar-refractivity contribution in [2.75, 3.05) is 10.6 Å². The molecule has 0 fully saturated rings. The van der Waals surface area contributed by atoms with Gasteiger partial charge in [0.2, 0.25) is 10.1 Å². The number of aromatic nitrogens is 4. The summed E-state index contributed by atoms with van der Waals surface area (Å²) in [5.74, 6) is 0. The predicted octanol–water partition coefficient (Wildman–Crippen LogP) is 2.81. The molecule has 0 unspecified atom stereocenters. The van der Waals surface area contributed by atoms with Crippen LogP contribution in [-0.4, -0.2) is 26.0 Å². The summed E-state index contributed by atoms with van der Waals surface area (Å²) in [6.45, 7) is 2.68. The molecule has 11 heteroatoms. The number of hydrogen-bond donors (Lipinski definition) is 2. The molecular weight excluding hydrogens is 309 g/mol. The van der Waals surface area contributed by atoms with Crippen LogP contribution >= 0.6 is 11.3 Å². The number of hydrogen-bond acceptors (Lipinski definition) is 5. The van der Waals surface area contributed by atoms with Crippen molar-refractivity contribution in [1.29, 1.82) is 0 Å². The summed E-state index contributed by atoms with van der Waals surface area (Å²) in [7, 11) is 0. The number of carbonyl (C=O) groups excluding carboxylic acids is 1. The molecule has 0 spiro atoms. The molecule has 0 atom stereocenters. The number of alkyl halides is 3. The van der Waals surface area contributed by atoms with Crippen molar-refractivity contribution in [3.8, 4) is 0 Å². The Hall–Kier alpha value is -2.17. The van der Waals surface area contributed by atoms with E-state index in [1.54, 1.807) is 10.9 Å². The van der Waals surface area contributed by atoms with Crippen LogP contribution < -0.4 is 10.6 Å². The number of anilines is 2. The topological polar surface area (TPSA) is 84.7 Å². The molecule has 2 heterocycles. The van der Waals surface area contributed by atoms with Crippen LogP contribution in [0.3, 0.4) is 0 Å². The molecule has 0 aliphatic heterocycles. The number of nitrogens with one attached hydrogen (secondary N) is 2. The number of carbonyl (C=O) groups is 1. The fourth-order valence-electron chi connectivity index (χ4n) is 1.43. The van der Waals surface area contributed by atoms with Crippen LogP contribution in [0.1, 0.15) is 18.4 Å². The molecule has 0 saturated carbocycles. The number of urea groups is 1. The van der Waals surface area contributed by atoms with Gasteiger partial charge in [-0.3, -0.25) is 10.00 Å². The van der Waals surface area contributed by atoms with Gasteiger partial charge in [-0.15, -0.1) is 10.2 Å². The molecule has 2 N–H and O–H groups in total. The molecule has 0 bridgehead atoms. The van der Waals surface area contributed by atoms with Gasteiger partial charge in [-0.2, -0.15) is 18.3 Å². The summed E-state index contributed by atoms with van der Waals surface area (Å²) in [4.78, 5) is 11.6. The van der Waals surface area contributed by atoms with Crippen LogP contribution in [0.5, 0.6) is 0 Å². The van der Waals surface area contributed by atoms with Gasteiger partial charge in [-0.1, -0.05) is 18.3 Å². The van der Waals surface area contributed by atoms with Crippen LogP contribution in [0.25, 0.3) is 0 Å². The van der Waals surface area contributed by atoms with Gasteiger partial charge in [0.05, 0.1) is 11.9 Å². The summed E-state index contributed by atoms with van der Waals surface area (Å²) < 4.78 is 38.6. The van der Waals surface area contributed by atoms with Gasteiger partial charge in [0.1, 0.15) is 0 Å². The number of aryl methyl sites for hydroxylation is 1. The molecule has 0 saturated heterocycles. The number of halogens is 3. The Morgan fingerprint density at radius 1 is 1.38 bits per heavy atom. The molecule has 0 aliphatic rings. The van der Waals surface area contributed by atoms with E-state index in [-0.39, 0.29) is 16.5 Å². The minimum absolute atomic E-state index is 0.235. The third-order valence-corrected chi connectivity index (χ3v) is 3.12. The second-order valence-corrected chi connectivity index (χ2v) is 4.96. The van der Waals surface area contributed by atoms with Crippen molar-refractivity contribution in [2.45, 2.75) is 26.1 Å².